The number of aryl methyl sites for hydroxylation is 1. The zero-order valence-electron chi connectivity index (χ0n) is 18.6. The fourth-order valence-corrected chi connectivity index (χ4v) is 5.36. The van der Waals surface area contributed by atoms with Crippen molar-refractivity contribution in [2.24, 2.45) is 0 Å². The Morgan fingerprint density at radius 3 is 2.39 bits per heavy atom. The smallest absolute Gasteiger partial charge is 0.150 e. The summed E-state index contributed by atoms with van der Waals surface area (Å²) in [6.07, 6.45) is 3.09. The van der Waals surface area contributed by atoms with E-state index in [9.17, 15) is 9.32 Å². The van der Waals surface area contributed by atoms with Crippen molar-refractivity contribution in [3.63, 3.8) is 0 Å². The largest absolute Gasteiger partial charge is 0.385 e. The standard InChI is InChI=1S/C27H27N3O2S/c1-20-9-11-22(12-10-20)33(32)29-24-13-14-25(23-8-5-17-28-26(23)24)30-18-15-27(31,16-19-30)21-6-3-2-4-7-21/h2-14,17,29,31H,15-16,18-19H2,1H3. The summed E-state index contributed by atoms with van der Waals surface area (Å²) in [5, 5.41) is 12.2. The first-order valence-corrected chi connectivity index (χ1v) is 12.3. The molecule has 1 aromatic heterocycles. The summed E-state index contributed by atoms with van der Waals surface area (Å²) in [5.41, 5.74) is 3.94. The molecule has 3 aromatic carbocycles. The van der Waals surface area contributed by atoms with Crippen LogP contribution in [0.15, 0.2) is 90.0 Å². The van der Waals surface area contributed by atoms with Gasteiger partial charge < -0.3 is 10.0 Å². The quantitative estimate of drug-likeness (QED) is 0.434. The van der Waals surface area contributed by atoms with Crippen molar-refractivity contribution in [3.8, 4) is 0 Å². The number of aliphatic hydroxyl groups is 1. The maximum Gasteiger partial charge on any atom is 0.150 e. The molecular formula is C27H27N3O2S. The van der Waals surface area contributed by atoms with Crippen molar-refractivity contribution < 1.29 is 9.32 Å². The zero-order valence-corrected chi connectivity index (χ0v) is 19.4. The van der Waals surface area contributed by atoms with E-state index in [1.165, 1.54) is 0 Å². The Bertz CT molecular complexity index is 1280. The van der Waals surface area contributed by atoms with Crippen LogP contribution in [0.5, 0.6) is 0 Å². The molecule has 5 nitrogen and oxygen atoms in total. The van der Waals surface area contributed by atoms with Gasteiger partial charge in [0.1, 0.15) is 11.0 Å². The molecule has 2 heterocycles. The van der Waals surface area contributed by atoms with Crippen LogP contribution in [0.4, 0.5) is 11.4 Å². The Morgan fingerprint density at radius 2 is 1.67 bits per heavy atom. The van der Waals surface area contributed by atoms with E-state index in [1.807, 2.05) is 73.7 Å². The van der Waals surface area contributed by atoms with Crippen LogP contribution < -0.4 is 9.62 Å². The predicted molar refractivity (Wildman–Crippen MR) is 135 cm³/mol. The van der Waals surface area contributed by atoms with Crippen LogP contribution in [-0.2, 0) is 16.6 Å². The van der Waals surface area contributed by atoms with Gasteiger partial charge in [-0.2, -0.15) is 0 Å². The lowest BCUT2D eigenvalue weighted by Gasteiger charge is -2.40. The number of hydrogen-bond acceptors (Lipinski definition) is 4. The highest BCUT2D eigenvalue weighted by molar-refractivity contribution is 7.86. The highest BCUT2D eigenvalue weighted by Gasteiger charge is 2.34. The van der Waals surface area contributed by atoms with Gasteiger partial charge in [-0.05, 0) is 61.7 Å². The molecular weight excluding hydrogens is 430 g/mol. The number of piperidine rings is 1. The van der Waals surface area contributed by atoms with Crippen molar-refractivity contribution >= 4 is 33.3 Å². The second-order valence-corrected chi connectivity index (χ2v) is 9.81. The molecule has 1 aliphatic rings. The number of hydrogen-bond donors (Lipinski definition) is 2. The molecule has 168 valence electrons. The van der Waals surface area contributed by atoms with Crippen LogP contribution in [0.2, 0.25) is 0 Å². The number of nitrogens with zero attached hydrogens (tertiary/aromatic N) is 2. The second-order valence-electron chi connectivity index (χ2n) is 8.60. The van der Waals surface area contributed by atoms with Crippen molar-refractivity contribution in [2.75, 3.05) is 22.7 Å². The average molecular weight is 458 g/mol. The Morgan fingerprint density at radius 1 is 0.939 bits per heavy atom. The van der Waals surface area contributed by atoms with Gasteiger partial charge in [-0.25, -0.2) is 4.21 Å². The minimum atomic E-state index is -1.38. The first-order chi connectivity index (χ1) is 16.0. The van der Waals surface area contributed by atoms with Crippen LogP contribution in [0.3, 0.4) is 0 Å². The molecule has 0 bridgehead atoms. The van der Waals surface area contributed by atoms with Gasteiger partial charge in [-0.15, -0.1) is 0 Å². The van der Waals surface area contributed by atoms with E-state index in [0.29, 0.717) is 12.8 Å². The third-order valence-electron chi connectivity index (χ3n) is 6.43. The lowest BCUT2D eigenvalue weighted by Crippen LogP contribution is -2.42. The summed E-state index contributed by atoms with van der Waals surface area (Å²) >= 11 is 0. The minimum Gasteiger partial charge on any atom is -0.385 e. The van der Waals surface area contributed by atoms with E-state index in [4.69, 9.17) is 0 Å². The molecule has 1 aliphatic heterocycles. The van der Waals surface area contributed by atoms with Crippen LogP contribution in [0, 0.1) is 6.92 Å². The first-order valence-electron chi connectivity index (χ1n) is 11.2. The van der Waals surface area contributed by atoms with Crippen LogP contribution in [-0.4, -0.2) is 27.4 Å². The number of pyridine rings is 1. The van der Waals surface area contributed by atoms with Gasteiger partial charge in [0.25, 0.3) is 0 Å². The van der Waals surface area contributed by atoms with Gasteiger partial charge in [0.2, 0.25) is 0 Å². The third-order valence-corrected chi connectivity index (χ3v) is 7.53. The van der Waals surface area contributed by atoms with Gasteiger partial charge in [0.15, 0.2) is 0 Å². The molecule has 0 radical (unpaired) electrons. The summed E-state index contributed by atoms with van der Waals surface area (Å²) in [6, 6.07) is 25.6. The fraction of sp³-hybridized carbons (Fsp3) is 0.222. The van der Waals surface area contributed by atoms with E-state index >= 15 is 0 Å². The minimum absolute atomic E-state index is 0.663. The zero-order chi connectivity index (χ0) is 22.8. The number of fused-ring (bicyclic) bond motifs is 1. The second kappa shape index (κ2) is 8.96. The normalized spacial score (nSPS) is 16.5. The molecule has 0 spiro atoms. The molecule has 1 atom stereocenters. The first kappa shape index (κ1) is 21.6. The molecule has 0 amide bonds. The van der Waals surface area contributed by atoms with E-state index < -0.39 is 16.6 Å². The number of benzene rings is 3. The summed E-state index contributed by atoms with van der Waals surface area (Å²) in [7, 11) is -1.38. The topological polar surface area (TPSA) is 65.5 Å². The van der Waals surface area contributed by atoms with Crippen molar-refractivity contribution in [3.05, 3.63) is 96.2 Å². The lowest BCUT2D eigenvalue weighted by atomic mass is 9.84. The van der Waals surface area contributed by atoms with Gasteiger partial charge in [0, 0.05) is 30.4 Å². The molecule has 5 rings (SSSR count). The van der Waals surface area contributed by atoms with E-state index in [2.05, 4.69) is 26.7 Å². The van der Waals surface area contributed by atoms with Gasteiger partial charge >= 0.3 is 0 Å². The average Bonchev–Trinajstić information content (AvgIpc) is 2.86. The molecule has 0 aliphatic carbocycles. The highest BCUT2D eigenvalue weighted by Crippen LogP contribution is 2.38. The highest BCUT2D eigenvalue weighted by atomic mass is 32.2. The third kappa shape index (κ3) is 4.36. The number of aromatic nitrogens is 1. The van der Waals surface area contributed by atoms with Crippen LogP contribution >= 0.6 is 0 Å². The molecule has 2 N–H and O–H groups in total. The Hall–Kier alpha value is -3.22. The Labute approximate surface area is 196 Å². The van der Waals surface area contributed by atoms with Gasteiger partial charge in [-0.3, -0.25) is 9.71 Å². The molecule has 0 saturated carbocycles. The maximum absolute atomic E-state index is 12.9. The van der Waals surface area contributed by atoms with E-state index in [1.54, 1.807) is 6.20 Å². The molecule has 1 saturated heterocycles. The molecule has 33 heavy (non-hydrogen) atoms. The van der Waals surface area contributed by atoms with Crippen LogP contribution in [0.25, 0.3) is 10.9 Å². The van der Waals surface area contributed by atoms with Crippen molar-refractivity contribution in [1.29, 1.82) is 0 Å². The van der Waals surface area contributed by atoms with Crippen molar-refractivity contribution in [1.82, 2.24) is 4.98 Å². The van der Waals surface area contributed by atoms with Gasteiger partial charge in [0.05, 0.1) is 21.7 Å². The van der Waals surface area contributed by atoms with Gasteiger partial charge in [-0.1, -0.05) is 48.0 Å². The summed E-state index contributed by atoms with van der Waals surface area (Å²) < 4.78 is 16.0. The lowest BCUT2D eigenvalue weighted by molar-refractivity contribution is 0.0118. The predicted octanol–water partition coefficient (Wildman–Crippen LogP) is 5.17. The molecule has 1 unspecified atom stereocenters. The summed E-state index contributed by atoms with van der Waals surface area (Å²) in [4.78, 5) is 7.64. The van der Waals surface area contributed by atoms with Crippen molar-refractivity contribution in [2.45, 2.75) is 30.3 Å². The SMILES string of the molecule is Cc1ccc(S(=O)Nc2ccc(N3CCC(O)(c4ccccc4)CC3)c3cccnc23)cc1. The number of anilines is 2. The molecule has 1 fully saturated rings. The van der Waals surface area contributed by atoms with E-state index in [-0.39, 0.29) is 0 Å². The van der Waals surface area contributed by atoms with Crippen LogP contribution in [0.1, 0.15) is 24.0 Å². The summed E-state index contributed by atoms with van der Waals surface area (Å²) in [5.74, 6) is 0. The molecule has 6 heteroatoms. The summed E-state index contributed by atoms with van der Waals surface area (Å²) in [6.45, 7) is 3.51. The maximum atomic E-state index is 12.9. The number of nitrogens with one attached hydrogen (secondary N) is 1. The Balaban J connectivity index is 1.39. The van der Waals surface area contributed by atoms with E-state index in [0.717, 1.165) is 51.4 Å². The fourth-order valence-electron chi connectivity index (χ4n) is 4.49. The Kier molecular flexibility index (Phi) is 5.87. The molecule has 4 aromatic rings. The monoisotopic (exact) mass is 457 g/mol. The number of rotatable bonds is 5.